The number of amides is 1. The lowest BCUT2D eigenvalue weighted by molar-refractivity contribution is 0.0130. The Kier molecular flexibility index (Phi) is 4.52. The maximum Gasteiger partial charge on any atom is 0.407 e. The zero-order valence-electron chi connectivity index (χ0n) is 14.3. The van der Waals surface area contributed by atoms with Crippen LogP contribution >= 0.6 is 0 Å². The Bertz CT molecular complexity index is 505. The van der Waals surface area contributed by atoms with E-state index in [1.165, 1.54) is 0 Å². The summed E-state index contributed by atoms with van der Waals surface area (Å²) in [5, 5.41) is 6.47. The number of aromatic nitrogens is 1. The van der Waals surface area contributed by atoms with E-state index in [0.29, 0.717) is 5.89 Å². The van der Waals surface area contributed by atoms with Crippen molar-refractivity contribution >= 4 is 6.09 Å². The van der Waals surface area contributed by atoms with Gasteiger partial charge in [0.15, 0.2) is 0 Å². The van der Waals surface area contributed by atoms with Gasteiger partial charge in [-0.15, -0.1) is 0 Å². The number of nitrogens with one attached hydrogen (secondary N) is 2. The van der Waals surface area contributed by atoms with E-state index in [4.69, 9.17) is 9.15 Å². The molecule has 1 saturated carbocycles. The Morgan fingerprint density at radius 1 is 1.45 bits per heavy atom. The third-order valence-corrected chi connectivity index (χ3v) is 4.23. The van der Waals surface area contributed by atoms with Gasteiger partial charge in [0.1, 0.15) is 11.9 Å². The summed E-state index contributed by atoms with van der Waals surface area (Å²) in [7, 11) is 0. The standard InChI is InChI=1S/C16H27N3O3/c1-10(13-17-7-8-21-13)18-11-9-12(16(11,5)6)19-14(20)22-15(2,3)4/h7-8,10-12,18H,9H2,1-6H3,(H,19,20). The molecular formula is C16H27N3O3. The summed E-state index contributed by atoms with van der Waals surface area (Å²) < 4.78 is 10.6. The van der Waals surface area contributed by atoms with E-state index in [9.17, 15) is 4.79 Å². The first-order valence-corrected chi connectivity index (χ1v) is 7.74. The molecular weight excluding hydrogens is 282 g/mol. The SMILES string of the molecule is CC(NC1CC(NC(=O)OC(C)(C)C)C1(C)C)c1ncco1. The fourth-order valence-electron chi connectivity index (χ4n) is 2.72. The van der Waals surface area contributed by atoms with Crippen LogP contribution in [0.15, 0.2) is 16.9 Å². The van der Waals surface area contributed by atoms with E-state index in [-0.39, 0.29) is 29.6 Å². The van der Waals surface area contributed by atoms with Gasteiger partial charge in [0.2, 0.25) is 5.89 Å². The number of hydrogen-bond donors (Lipinski definition) is 2. The van der Waals surface area contributed by atoms with Crippen molar-refractivity contribution in [3.8, 4) is 0 Å². The molecule has 2 N–H and O–H groups in total. The van der Waals surface area contributed by atoms with Gasteiger partial charge in [0.25, 0.3) is 0 Å². The average Bonchev–Trinajstić information content (AvgIpc) is 2.89. The van der Waals surface area contributed by atoms with Crippen LogP contribution in [0.2, 0.25) is 0 Å². The highest BCUT2D eigenvalue weighted by Crippen LogP contribution is 2.41. The maximum atomic E-state index is 11.9. The zero-order valence-corrected chi connectivity index (χ0v) is 14.3. The fraction of sp³-hybridized carbons (Fsp3) is 0.750. The molecule has 0 saturated heterocycles. The van der Waals surface area contributed by atoms with Crippen molar-refractivity contribution in [1.29, 1.82) is 0 Å². The van der Waals surface area contributed by atoms with Crippen LogP contribution in [-0.4, -0.2) is 28.8 Å². The first-order valence-electron chi connectivity index (χ1n) is 7.74. The summed E-state index contributed by atoms with van der Waals surface area (Å²) in [5.74, 6) is 0.680. The number of alkyl carbamates (subject to hydrolysis) is 1. The number of carbonyl (C=O) groups excluding carboxylic acids is 1. The molecule has 1 aromatic heterocycles. The van der Waals surface area contributed by atoms with Gasteiger partial charge in [0.05, 0.1) is 12.2 Å². The van der Waals surface area contributed by atoms with Gasteiger partial charge in [-0.2, -0.15) is 0 Å². The molecule has 2 rings (SSSR count). The monoisotopic (exact) mass is 309 g/mol. The summed E-state index contributed by atoms with van der Waals surface area (Å²) in [6, 6.07) is 0.424. The van der Waals surface area contributed by atoms with Crippen LogP contribution in [0.3, 0.4) is 0 Å². The molecule has 1 aliphatic rings. The predicted octanol–water partition coefficient (Wildman–Crippen LogP) is 3.02. The maximum absolute atomic E-state index is 11.9. The van der Waals surface area contributed by atoms with Crippen LogP contribution in [0.25, 0.3) is 0 Å². The first kappa shape index (κ1) is 16.8. The topological polar surface area (TPSA) is 76.4 Å². The molecule has 1 fully saturated rings. The summed E-state index contributed by atoms with van der Waals surface area (Å²) in [4.78, 5) is 16.1. The summed E-state index contributed by atoms with van der Waals surface area (Å²) in [5.41, 5.74) is -0.535. The van der Waals surface area contributed by atoms with Crippen LogP contribution in [0.4, 0.5) is 4.79 Å². The number of rotatable bonds is 4. The number of ether oxygens (including phenoxy) is 1. The highest BCUT2D eigenvalue weighted by molar-refractivity contribution is 5.68. The van der Waals surface area contributed by atoms with Crippen LogP contribution in [0, 0.1) is 5.41 Å². The number of carbonyl (C=O) groups is 1. The molecule has 0 aliphatic heterocycles. The third kappa shape index (κ3) is 3.80. The van der Waals surface area contributed by atoms with Gasteiger partial charge in [-0.05, 0) is 34.1 Å². The minimum Gasteiger partial charge on any atom is -0.447 e. The van der Waals surface area contributed by atoms with Crippen molar-refractivity contribution in [2.75, 3.05) is 0 Å². The second-order valence-electron chi connectivity index (χ2n) is 7.57. The van der Waals surface area contributed by atoms with E-state index in [2.05, 4.69) is 29.5 Å². The second-order valence-corrected chi connectivity index (χ2v) is 7.57. The smallest absolute Gasteiger partial charge is 0.407 e. The number of nitrogens with zero attached hydrogens (tertiary/aromatic N) is 1. The van der Waals surface area contributed by atoms with Crippen molar-refractivity contribution in [2.45, 2.75) is 71.7 Å². The third-order valence-electron chi connectivity index (χ3n) is 4.23. The molecule has 0 aromatic carbocycles. The minimum absolute atomic E-state index is 0.0433. The van der Waals surface area contributed by atoms with E-state index in [0.717, 1.165) is 6.42 Å². The lowest BCUT2D eigenvalue weighted by Gasteiger charge is -2.53. The minimum atomic E-state index is -0.477. The van der Waals surface area contributed by atoms with Crippen molar-refractivity contribution in [1.82, 2.24) is 15.6 Å². The van der Waals surface area contributed by atoms with E-state index in [1.807, 2.05) is 27.7 Å². The van der Waals surface area contributed by atoms with Gasteiger partial charge >= 0.3 is 6.09 Å². The lowest BCUT2D eigenvalue weighted by atomic mass is 9.62. The fourth-order valence-corrected chi connectivity index (χ4v) is 2.72. The Labute approximate surface area is 132 Å². The molecule has 1 aromatic rings. The van der Waals surface area contributed by atoms with Gasteiger partial charge in [-0.3, -0.25) is 0 Å². The molecule has 3 atom stereocenters. The molecule has 0 spiro atoms. The van der Waals surface area contributed by atoms with E-state index < -0.39 is 5.60 Å². The molecule has 6 heteroatoms. The molecule has 6 nitrogen and oxygen atoms in total. The zero-order chi connectivity index (χ0) is 16.5. The van der Waals surface area contributed by atoms with Crippen molar-refractivity contribution in [3.05, 3.63) is 18.4 Å². The normalized spacial score (nSPS) is 25.2. The predicted molar refractivity (Wildman–Crippen MR) is 83.4 cm³/mol. The second kappa shape index (κ2) is 5.91. The summed E-state index contributed by atoms with van der Waals surface area (Å²) in [6.45, 7) is 11.9. The molecule has 3 unspecified atom stereocenters. The Morgan fingerprint density at radius 2 is 2.14 bits per heavy atom. The lowest BCUT2D eigenvalue weighted by Crippen LogP contribution is -2.66. The Balaban J connectivity index is 1.85. The summed E-state index contributed by atoms with van der Waals surface area (Å²) >= 11 is 0. The molecule has 0 bridgehead atoms. The van der Waals surface area contributed by atoms with Gasteiger partial charge in [-0.1, -0.05) is 13.8 Å². The number of oxazole rings is 1. The summed E-state index contributed by atoms with van der Waals surface area (Å²) in [6.07, 6.45) is 3.72. The molecule has 22 heavy (non-hydrogen) atoms. The van der Waals surface area contributed by atoms with Crippen LogP contribution in [-0.2, 0) is 4.74 Å². The molecule has 1 heterocycles. The molecule has 1 amide bonds. The molecule has 1 aliphatic carbocycles. The Morgan fingerprint density at radius 3 is 2.64 bits per heavy atom. The largest absolute Gasteiger partial charge is 0.447 e. The van der Waals surface area contributed by atoms with Crippen molar-refractivity contribution in [3.63, 3.8) is 0 Å². The van der Waals surface area contributed by atoms with Gasteiger partial charge < -0.3 is 19.8 Å². The molecule has 124 valence electrons. The van der Waals surface area contributed by atoms with E-state index in [1.54, 1.807) is 12.5 Å². The van der Waals surface area contributed by atoms with Crippen LogP contribution in [0.5, 0.6) is 0 Å². The highest BCUT2D eigenvalue weighted by Gasteiger charge is 2.49. The van der Waals surface area contributed by atoms with E-state index >= 15 is 0 Å². The first-order chi connectivity index (χ1) is 10.1. The Hall–Kier alpha value is -1.56. The van der Waals surface area contributed by atoms with Gasteiger partial charge in [-0.25, -0.2) is 9.78 Å². The average molecular weight is 309 g/mol. The van der Waals surface area contributed by atoms with Crippen molar-refractivity contribution in [2.24, 2.45) is 5.41 Å². The van der Waals surface area contributed by atoms with Crippen molar-refractivity contribution < 1.29 is 13.9 Å². The van der Waals surface area contributed by atoms with Crippen LogP contribution in [0.1, 0.15) is 59.9 Å². The van der Waals surface area contributed by atoms with Crippen LogP contribution < -0.4 is 10.6 Å². The van der Waals surface area contributed by atoms with Gasteiger partial charge in [0, 0.05) is 17.5 Å². The quantitative estimate of drug-likeness (QED) is 0.894. The highest BCUT2D eigenvalue weighted by atomic mass is 16.6. The molecule has 0 radical (unpaired) electrons. The number of hydrogen-bond acceptors (Lipinski definition) is 5.